The normalized spacial score (nSPS) is 23.0. The predicted molar refractivity (Wildman–Crippen MR) is 101 cm³/mol. The van der Waals surface area contributed by atoms with E-state index in [9.17, 15) is 22.4 Å². The van der Waals surface area contributed by atoms with Crippen LogP contribution in [0.25, 0.3) is 6.08 Å². The van der Waals surface area contributed by atoms with Crippen LogP contribution >= 0.6 is 24.0 Å². The molecule has 0 aliphatic carbocycles. The van der Waals surface area contributed by atoms with E-state index in [1.807, 2.05) is 0 Å². The lowest BCUT2D eigenvalue weighted by molar-refractivity contribution is -0.128. The Labute approximate surface area is 159 Å². The molecule has 3 rings (SSSR count). The first-order chi connectivity index (χ1) is 12.2. The van der Waals surface area contributed by atoms with Crippen molar-refractivity contribution in [1.82, 2.24) is 10.2 Å². The van der Waals surface area contributed by atoms with Crippen LogP contribution in [0.3, 0.4) is 0 Å². The van der Waals surface area contributed by atoms with Gasteiger partial charge in [0.15, 0.2) is 9.84 Å². The van der Waals surface area contributed by atoms with E-state index < -0.39 is 33.5 Å². The molecule has 1 fully saturated rings. The number of hydrogen-bond donors (Lipinski definition) is 1. The highest BCUT2D eigenvalue weighted by atomic mass is 32.2. The molecule has 2 heterocycles. The number of amides is 2. The second-order valence-corrected chi connectivity index (χ2v) is 9.26. The van der Waals surface area contributed by atoms with Crippen LogP contribution in [0, 0.1) is 5.82 Å². The fourth-order valence-corrected chi connectivity index (χ4v) is 4.94. The number of rotatable bonds is 4. The Kier molecular flexibility index (Phi) is 5.26. The first kappa shape index (κ1) is 18.7. The number of nitrogens with zero attached hydrogens (tertiary/aromatic N) is 1. The van der Waals surface area contributed by atoms with Crippen LogP contribution in [0.4, 0.5) is 4.39 Å². The van der Waals surface area contributed by atoms with Gasteiger partial charge in [0.25, 0.3) is 5.91 Å². The number of thioether (sulfide) groups is 1. The van der Waals surface area contributed by atoms with Crippen LogP contribution in [0.15, 0.2) is 40.7 Å². The molecule has 0 bridgehead atoms. The summed E-state index contributed by atoms with van der Waals surface area (Å²) in [6, 6.07) is 5.14. The second-order valence-electron chi connectivity index (χ2n) is 5.65. The molecule has 1 saturated heterocycles. The second kappa shape index (κ2) is 7.29. The zero-order valence-electron chi connectivity index (χ0n) is 13.2. The zero-order chi connectivity index (χ0) is 18.9. The van der Waals surface area contributed by atoms with Gasteiger partial charge in [0.1, 0.15) is 16.7 Å². The van der Waals surface area contributed by atoms with Gasteiger partial charge in [-0.25, -0.2) is 12.8 Å². The Bertz CT molecular complexity index is 956. The molecule has 2 amide bonds. The maximum atomic E-state index is 13.3. The number of carbonyl (C=O) groups is 2. The smallest absolute Gasteiger partial charge is 0.266 e. The van der Waals surface area contributed by atoms with Gasteiger partial charge < -0.3 is 5.32 Å². The minimum Gasteiger partial charge on any atom is -0.347 e. The van der Waals surface area contributed by atoms with Crippen molar-refractivity contribution in [3.63, 3.8) is 0 Å². The van der Waals surface area contributed by atoms with E-state index >= 15 is 0 Å². The Morgan fingerprint density at radius 3 is 2.88 bits per heavy atom. The van der Waals surface area contributed by atoms with E-state index in [4.69, 9.17) is 12.2 Å². The Morgan fingerprint density at radius 2 is 2.23 bits per heavy atom. The molecule has 136 valence electrons. The molecule has 1 aromatic carbocycles. The van der Waals surface area contributed by atoms with Crippen molar-refractivity contribution in [2.45, 2.75) is 6.04 Å². The lowest BCUT2D eigenvalue weighted by Crippen LogP contribution is -2.43. The number of benzene rings is 1. The van der Waals surface area contributed by atoms with Gasteiger partial charge >= 0.3 is 0 Å². The minimum atomic E-state index is -3.28. The molecule has 0 aromatic heterocycles. The van der Waals surface area contributed by atoms with Crippen molar-refractivity contribution in [2.24, 2.45) is 0 Å². The fraction of sp³-hybridized carbons (Fsp3) is 0.188. The number of halogens is 1. The highest BCUT2D eigenvalue weighted by Crippen LogP contribution is 2.32. The van der Waals surface area contributed by atoms with Crippen molar-refractivity contribution >= 4 is 56.0 Å². The summed E-state index contributed by atoms with van der Waals surface area (Å²) in [7, 11) is -3.28. The zero-order valence-corrected chi connectivity index (χ0v) is 15.7. The van der Waals surface area contributed by atoms with E-state index in [-0.39, 0.29) is 21.5 Å². The van der Waals surface area contributed by atoms with Crippen LogP contribution in [0.1, 0.15) is 5.56 Å². The van der Waals surface area contributed by atoms with Gasteiger partial charge in [-0.2, -0.15) is 0 Å². The third kappa shape index (κ3) is 4.37. The number of hydrogen-bond acceptors (Lipinski definition) is 6. The van der Waals surface area contributed by atoms with E-state index in [0.29, 0.717) is 5.56 Å². The molecule has 0 saturated carbocycles. The van der Waals surface area contributed by atoms with Crippen molar-refractivity contribution in [3.8, 4) is 0 Å². The Morgan fingerprint density at radius 1 is 1.46 bits per heavy atom. The average molecular weight is 412 g/mol. The molecule has 0 spiro atoms. The summed E-state index contributed by atoms with van der Waals surface area (Å²) >= 11 is 6.16. The molecule has 10 heteroatoms. The SMILES string of the molecule is O=C(CN1C(=O)/C(=C/c2cccc(F)c2)SC1=S)N[C@@H]1C=CS(=O)(=O)C1. The highest BCUT2D eigenvalue weighted by molar-refractivity contribution is 8.26. The van der Waals surface area contributed by atoms with Crippen LogP contribution in [-0.2, 0) is 19.4 Å². The summed E-state index contributed by atoms with van der Waals surface area (Å²) in [4.78, 5) is 26.0. The first-order valence-electron chi connectivity index (χ1n) is 7.45. The van der Waals surface area contributed by atoms with Crippen LogP contribution in [0.2, 0.25) is 0 Å². The lowest BCUT2D eigenvalue weighted by atomic mass is 10.2. The molecule has 0 radical (unpaired) electrons. The van der Waals surface area contributed by atoms with Crippen molar-refractivity contribution in [2.75, 3.05) is 12.3 Å². The summed E-state index contributed by atoms with van der Waals surface area (Å²) in [5, 5.41) is 3.59. The Hall–Kier alpha value is -2.04. The molecule has 1 aromatic rings. The van der Waals surface area contributed by atoms with Gasteiger partial charge in [-0.3, -0.25) is 14.5 Å². The summed E-state index contributed by atoms with van der Waals surface area (Å²) < 4.78 is 36.2. The van der Waals surface area contributed by atoms with Gasteiger partial charge in [0.05, 0.1) is 16.7 Å². The predicted octanol–water partition coefficient (Wildman–Crippen LogP) is 1.45. The highest BCUT2D eigenvalue weighted by Gasteiger charge is 2.34. The van der Waals surface area contributed by atoms with Crippen LogP contribution < -0.4 is 5.32 Å². The molecular weight excluding hydrogens is 399 g/mol. The van der Waals surface area contributed by atoms with Crippen molar-refractivity contribution in [1.29, 1.82) is 0 Å². The molecule has 0 unspecified atom stereocenters. The summed E-state index contributed by atoms with van der Waals surface area (Å²) in [6.45, 7) is -0.310. The minimum absolute atomic E-state index is 0.198. The van der Waals surface area contributed by atoms with Gasteiger partial charge in [-0.1, -0.05) is 36.1 Å². The third-order valence-corrected chi connectivity index (χ3v) is 6.37. The van der Waals surface area contributed by atoms with Crippen LogP contribution in [-0.4, -0.2) is 47.8 Å². The number of carbonyl (C=O) groups excluding carboxylic acids is 2. The summed E-state index contributed by atoms with van der Waals surface area (Å²) in [5.74, 6) is -1.58. The number of sulfone groups is 1. The standard InChI is InChI=1S/C16H13FN2O4S3/c17-11-3-1-2-10(6-11)7-13-15(21)19(16(24)25-13)8-14(20)18-12-4-5-26(22,23)9-12/h1-7,12H,8-9H2,(H,18,20)/b13-7-/t12-/m1/s1. The number of nitrogens with one attached hydrogen (secondary N) is 1. The average Bonchev–Trinajstić information content (AvgIpc) is 3.01. The topological polar surface area (TPSA) is 83.6 Å². The summed E-state index contributed by atoms with van der Waals surface area (Å²) in [6.07, 6.45) is 2.90. The van der Waals surface area contributed by atoms with Gasteiger partial charge in [-0.05, 0) is 29.8 Å². The van der Waals surface area contributed by atoms with Gasteiger partial charge in [-0.15, -0.1) is 0 Å². The first-order valence-corrected chi connectivity index (χ1v) is 10.4. The largest absolute Gasteiger partial charge is 0.347 e. The molecule has 1 atom stereocenters. The molecule has 26 heavy (non-hydrogen) atoms. The molecule has 2 aliphatic heterocycles. The maximum Gasteiger partial charge on any atom is 0.266 e. The Balaban J connectivity index is 1.66. The van der Waals surface area contributed by atoms with E-state index in [1.54, 1.807) is 6.07 Å². The van der Waals surface area contributed by atoms with Crippen molar-refractivity contribution < 1.29 is 22.4 Å². The quantitative estimate of drug-likeness (QED) is 0.595. The van der Waals surface area contributed by atoms with Gasteiger partial charge in [0, 0.05) is 5.41 Å². The van der Waals surface area contributed by atoms with E-state index in [0.717, 1.165) is 22.1 Å². The molecular formula is C16H13FN2O4S3. The number of thiocarbonyl (C=S) groups is 1. The van der Waals surface area contributed by atoms with Crippen LogP contribution in [0.5, 0.6) is 0 Å². The molecule has 1 N–H and O–H groups in total. The van der Waals surface area contributed by atoms with Crippen molar-refractivity contribution in [3.05, 3.63) is 52.0 Å². The monoisotopic (exact) mass is 412 g/mol. The molecule has 6 nitrogen and oxygen atoms in total. The molecule has 2 aliphatic rings. The van der Waals surface area contributed by atoms with E-state index in [2.05, 4.69) is 5.32 Å². The van der Waals surface area contributed by atoms with E-state index in [1.165, 1.54) is 30.4 Å². The fourth-order valence-electron chi connectivity index (χ4n) is 2.45. The summed E-state index contributed by atoms with van der Waals surface area (Å²) in [5.41, 5.74) is 0.510. The third-order valence-electron chi connectivity index (χ3n) is 3.60. The lowest BCUT2D eigenvalue weighted by Gasteiger charge is -2.16. The maximum absolute atomic E-state index is 13.3. The van der Waals surface area contributed by atoms with Gasteiger partial charge in [0.2, 0.25) is 5.91 Å².